The average molecular weight is 649 g/mol. The highest BCUT2D eigenvalue weighted by Crippen LogP contribution is 2.46. The fourth-order valence-electron chi connectivity index (χ4n) is 6.64. The second-order valence-electron chi connectivity index (χ2n) is 12.5. The zero-order chi connectivity index (χ0) is 33.6. The molecule has 0 bridgehead atoms. The van der Waals surface area contributed by atoms with Crippen LogP contribution in [0.15, 0.2) is 53.4 Å². The molecule has 0 spiro atoms. The third-order valence-electron chi connectivity index (χ3n) is 8.86. The lowest BCUT2D eigenvalue weighted by atomic mass is 9.94. The van der Waals surface area contributed by atoms with E-state index in [4.69, 9.17) is 20.6 Å². The van der Waals surface area contributed by atoms with Crippen LogP contribution in [0.25, 0.3) is 11.1 Å². The summed E-state index contributed by atoms with van der Waals surface area (Å²) in [5, 5.41) is 20.3. The van der Waals surface area contributed by atoms with E-state index in [9.17, 15) is 23.1 Å². The van der Waals surface area contributed by atoms with Crippen molar-refractivity contribution in [3.8, 4) is 16.9 Å². The zero-order valence-corrected chi connectivity index (χ0v) is 27.5. The Morgan fingerprint density at radius 1 is 1.07 bits per heavy atom. The van der Waals surface area contributed by atoms with Crippen molar-refractivity contribution in [2.75, 3.05) is 13.2 Å². The van der Waals surface area contributed by atoms with Gasteiger partial charge in [-0.1, -0.05) is 48.5 Å². The molecular formula is C34H40N4O7S. The largest absolute Gasteiger partial charge is 0.487 e. The molecule has 1 amide bonds. The number of sulfonamides is 1. The molecule has 1 aliphatic heterocycles. The highest BCUT2D eigenvalue weighted by Gasteiger charge is 2.45. The molecule has 244 valence electrons. The number of hydrogen-bond donors (Lipinski definition) is 4. The van der Waals surface area contributed by atoms with Gasteiger partial charge in [0.25, 0.3) is 10.0 Å². The smallest absolute Gasteiger partial charge is 0.424 e. The molecule has 0 aromatic heterocycles. The van der Waals surface area contributed by atoms with E-state index in [0.29, 0.717) is 38.7 Å². The maximum atomic E-state index is 14.7. The Kier molecular flexibility index (Phi) is 8.78. The molecule has 1 aliphatic carbocycles. The predicted octanol–water partition coefficient (Wildman–Crippen LogP) is 4.98. The highest BCUT2D eigenvalue weighted by atomic mass is 32.2. The molecule has 5 N–H and O–H groups in total. The van der Waals surface area contributed by atoms with Crippen LogP contribution in [0.1, 0.15) is 66.0 Å². The summed E-state index contributed by atoms with van der Waals surface area (Å²) in [5.41, 5.74) is 10.7. The lowest BCUT2D eigenvalue weighted by Gasteiger charge is -2.30. The number of nitrogens with two attached hydrogens (primary N) is 1. The molecule has 0 saturated carbocycles. The summed E-state index contributed by atoms with van der Waals surface area (Å²) in [6.07, 6.45) is -0.955. The molecule has 1 heterocycles. The summed E-state index contributed by atoms with van der Waals surface area (Å²) in [6, 6.07) is 13.7. The van der Waals surface area contributed by atoms with E-state index in [1.165, 1.54) is 0 Å². The third-order valence-corrected chi connectivity index (χ3v) is 10.9. The summed E-state index contributed by atoms with van der Waals surface area (Å²) >= 11 is 0. The number of fused-ring (bicyclic) bond motifs is 4. The van der Waals surface area contributed by atoms with Gasteiger partial charge in [-0.05, 0) is 86.4 Å². The number of amides is 1. The number of carbonyl (C=O) groups excluding carboxylic acids is 1. The van der Waals surface area contributed by atoms with Crippen LogP contribution in [0.5, 0.6) is 5.75 Å². The van der Waals surface area contributed by atoms with Crippen molar-refractivity contribution in [1.29, 1.82) is 5.41 Å². The quantitative estimate of drug-likeness (QED) is 0.134. The summed E-state index contributed by atoms with van der Waals surface area (Å²) in [5.74, 6) is -1.57. The third kappa shape index (κ3) is 5.89. The van der Waals surface area contributed by atoms with E-state index < -0.39 is 33.7 Å². The molecule has 12 heteroatoms. The average Bonchev–Trinajstić information content (AvgIpc) is 3.50. The van der Waals surface area contributed by atoms with Crippen LogP contribution in [0.4, 0.5) is 4.79 Å². The molecule has 1 unspecified atom stereocenters. The predicted molar refractivity (Wildman–Crippen MR) is 174 cm³/mol. The number of carbonyl (C=O) groups is 2. The SMILES string of the molecule is Cc1c(C)c(S(=O)(=O)N(C(=O)OCC2c3ccccc3-c3ccccc32)C(CCCNC(=N)N)C(=O)O)c(C)c2c1OC(C)(C)C2. The lowest BCUT2D eigenvalue weighted by molar-refractivity contribution is -0.141. The van der Waals surface area contributed by atoms with Crippen molar-refractivity contribution < 1.29 is 32.6 Å². The first-order valence-electron chi connectivity index (χ1n) is 15.2. The first-order chi connectivity index (χ1) is 21.7. The van der Waals surface area contributed by atoms with E-state index >= 15 is 0 Å². The van der Waals surface area contributed by atoms with Crippen molar-refractivity contribution in [3.63, 3.8) is 0 Å². The monoisotopic (exact) mass is 648 g/mol. The van der Waals surface area contributed by atoms with E-state index in [1.807, 2.05) is 62.4 Å². The second kappa shape index (κ2) is 12.3. The van der Waals surface area contributed by atoms with Crippen LogP contribution in [0, 0.1) is 26.2 Å². The minimum atomic E-state index is -4.77. The van der Waals surface area contributed by atoms with Crippen LogP contribution < -0.4 is 15.8 Å². The summed E-state index contributed by atoms with van der Waals surface area (Å²) in [6.45, 7) is 8.79. The van der Waals surface area contributed by atoms with Gasteiger partial charge in [0.2, 0.25) is 0 Å². The molecule has 11 nitrogen and oxygen atoms in total. The Hall–Kier alpha value is -4.58. The number of carboxylic acids is 1. The Morgan fingerprint density at radius 2 is 1.65 bits per heavy atom. The fraction of sp³-hybridized carbons (Fsp3) is 0.382. The fourth-order valence-corrected chi connectivity index (χ4v) is 8.67. The van der Waals surface area contributed by atoms with Crippen molar-refractivity contribution in [1.82, 2.24) is 9.62 Å². The zero-order valence-electron chi connectivity index (χ0n) is 26.6. The minimum absolute atomic E-state index is 0.111. The van der Waals surface area contributed by atoms with E-state index in [0.717, 1.165) is 22.3 Å². The molecule has 1 atom stereocenters. The van der Waals surface area contributed by atoms with Gasteiger partial charge in [-0.15, -0.1) is 0 Å². The number of nitrogens with zero attached hydrogens (tertiary/aromatic N) is 1. The van der Waals surface area contributed by atoms with Crippen LogP contribution >= 0.6 is 0 Å². The maximum Gasteiger partial charge on any atom is 0.424 e. The van der Waals surface area contributed by atoms with Gasteiger partial charge in [0.1, 0.15) is 24.0 Å². The second-order valence-corrected chi connectivity index (χ2v) is 14.2. The molecule has 0 saturated heterocycles. The van der Waals surface area contributed by atoms with E-state index in [2.05, 4.69) is 5.32 Å². The van der Waals surface area contributed by atoms with Crippen molar-refractivity contribution in [3.05, 3.63) is 81.9 Å². The van der Waals surface area contributed by atoms with Gasteiger partial charge in [-0.25, -0.2) is 18.0 Å². The number of carboxylic acid groups (broad SMARTS) is 1. The summed E-state index contributed by atoms with van der Waals surface area (Å²) in [7, 11) is -4.77. The minimum Gasteiger partial charge on any atom is -0.487 e. The van der Waals surface area contributed by atoms with Gasteiger partial charge in [-0.2, -0.15) is 4.31 Å². The number of ether oxygens (including phenoxy) is 2. The normalized spacial score (nSPS) is 15.2. The molecular weight excluding hydrogens is 608 g/mol. The highest BCUT2D eigenvalue weighted by molar-refractivity contribution is 7.89. The van der Waals surface area contributed by atoms with Crippen molar-refractivity contribution in [2.24, 2.45) is 5.73 Å². The van der Waals surface area contributed by atoms with Gasteiger partial charge in [0, 0.05) is 24.4 Å². The van der Waals surface area contributed by atoms with Gasteiger partial charge in [0.15, 0.2) is 5.96 Å². The molecule has 0 fully saturated rings. The molecule has 5 rings (SSSR count). The van der Waals surface area contributed by atoms with E-state index in [1.54, 1.807) is 20.8 Å². The summed E-state index contributed by atoms with van der Waals surface area (Å²) in [4.78, 5) is 26.6. The van der Waals surface area contributed by atoms with Crippen LogP contribution in [-0.4, -0.2) is 60.6 Å². The van der Waals surface area contributed by atoms with Gasteiger partial charge in [0.05, 0.1) is 4.90 Å². The van der Waals surface area contributed by atoms with Gasteiger partial charge >= 0.3 is 12.1 Å². The number of aliphatic carboxylic acids is 1. The molecule has 3 aromatic rings. The topological polar surface area (TPSA) is 172 Å². The lowest BCUT2D eigenvalue weighted by Crippen LogP contribution is -2.49. The number of guanidine groups is 1. The maximum absolute atomic E-state index is 14.7. The Morgan fingerprint density at radius 3 is 2.22 bits per heavy atom. The number of hydrogen-bond acceptors (Lipinski definition) is 7. The Balaban J connectivity index is 1.55. The molecule has 2 aliphatic rings. The van der Waals surface area contributed by atoms with Gasteiger partial charge < -0.3 is 25.6 Å². The number of rotatable bonds is 10. The van der Waals surface area contributed by atoms with E-state index in [-0.39, 0.29) is 42.8 Å². The molecule has 46 heavy (non-hydrogen) atoms. The standard InChI is InChI=1S/C34H40N4O7S/c1-19-20(2)30(21(3)26-17-34(4,5)45-29(19)26)46(42,43)38(28(31(39)40)15-10-16-37-32(35)36)33(41)44-18-27-24-13-8-6-11-22(24)23-12-7-9-14-25(23)27/h6-9,11-14,27-28H,10,15-18H2,1-5H3,(H,39,40)(H4,35,36,37). The Labute approximate surface area is 269 Å². The van der Waals surface area contributed by atoms with Crippen LogP contribution in [0.3, 0.4) is 0 Å². The summed E-state index contributed by atoms with van der Waals surface area (Å²) < 4.78 is 41.6. The number of nitrogens with one attached hydrogen (secondary N) is 2. The first kappa shape index (κ1) is 32.8. The van der Waals surface area contributed by atoms with Crippen LogP contribution in [0.2, 0.25) is 0 Å². The van der Waals surface area contributed by atoms with Gasteiger partial charge in [-0.3, -0.25) is 5.41 Å². The molecule has 3 aromatic carbocycles. The first-order valence-corrected chi connectivity index (χ1v) is 16.6. The van der Waals surface area contributed by atoms with Crippen molar-refractivity contribution >= 4 is 28.0 Å². The van der Waals surface area contributed by atoms with Crippen molar-refractivity contribution in [2.45, 2.75) is 76.3 Å². The molecule has 0 radical (unpaired) electrons. The van der Waals surface area contributed by atoms with Crippen LogP contribution in [-0.2, 0) is 26.0 Å². The Bertz CT molecular complexity index is 1790. The number of benzene rings is 3.